The van der Waals surface area contributed by atoms with Crippen LogP contribution in [0, 0.1) is 0 Å². The lowest BCUT2D eigenvalue weighted by molar-refractivity contribution is 0.0984. The van der Waals surface area contributed by atoms with Crippen LogP contribution in [0.15, 0.2) is 24.3 Å². The normalized spacial score (nSPS) is 16.1. The molecule has 0 N–H and O–H groups in total. The maximum Gasteiger partial charge on any atom is 0.237 e. The highest BCUT2D eigenvalue weighted by molar-refractivity contribution is 7.92. The summed E-state index contributed by atoms with van der Waals surface area (Å²) >= 11 is 0. The number of anilines is 1. The first kappa shape index (κ1) is 14.0. The summed E-state index contributed by atoms with van der Waals surface area (Å²) in [5.74, 6) is -0.0773. The van der Waals surface area contributed by atoms with Crippen molar-refractivity contribution < 1.29 is 17.9 Å². The summed E-state index contributed by atoms with van der Waals surface area (Å²) in [6, 6.07) is 6.86. The summed E-state index contributed by atoms with van der Waals surface area (Å²) in [6.07, 6.45) is 0.924. The van der Waals surface area contributed by atoms with E-state index >= 15 is 0 Å². The van der Waals surface area contributed by atoms with Gasteiger partial charge in [-0.2, -0.15) is 0 Å². The van der Waals surface area contributed by atoms with Crippen LogP contribution in [0.4, 0.5) is 5.69 Å². The molecule has 6 heteroatoms. The Bertz CT molecular complexity index is 568. The standard InChI is InChI=1S/C13H17NO4S/c1-18-9-10-19(16,17)14-8-4-7-13(15)11-5-2-3-6-12(11)14/h2-3,5-6H,4,7-10H2,1H3. The second-order valence-corrected chi connectivity index (χ2v) is 6.44. The molecule has 0 saturated heterocycles. The topological polar surface area (TPSA) is 63.7 Å². The summed E-state index contributed by atoms with van der Waals surface area (Å²) < 4.78 is 30.8. The van der Waals surface area contributed by atoms with Crippen LogP contribution in [0.2, 0.25) is 0 Å². The third kappa shape index (κ3) is 2.96. The van der Waals surface area contributed by atoms with Crippen LogP contribution in [-0.4, -0.2) is 40.2 Å². The third-order valence-electron chi connectivity index (χ3n) is 3.12. The first-order valence-electron chi connectivity index (χ1n) is 6.18. The Morgan fingerprint density at radius 3 is 2.79 bits per heavy atom. The fourth-order valence-electron chi connectivity index (χ4n) is 2.15. The lowest BCUT2D eigenvalue weighted by atomic mass is 10.1. The van der Waals surface area contributed by atoms with E-state index in [0.717, 1.165) is 0 Å². The van der Waals surface area contributed by atoms with Crippen molar-refractivity contribution in [3.05, 3.63) is 29.8 Å². The quantitative estimate of drug-likeness (QED) is 0.839. The van der Waals surface area contributed by atoms with Gasteiger partial charge in [-0.05, 0) is 18.6 Å². The van der Waals surface area contributed by atoms with Gasteiger partial charge in [0.05, 0.1) is 18.0 Å². The van der Waals surface area contributed by atoms with Crippen molar-refractivity contribution in [1.82, 2.24) is 0 Å². The van der Waals surface area contributed by atoms with Crippen LogP contribution >= 0.6 is 0 Å². The zero-order valence-corrected chi connectivity index (χ0v) is 11.6. The number of carbonyl (C=O) groups is 1. The number of carbonyl (C=O) groups excluding carboxylic acids is 1. The van der Waals surface area contributed by atoms with Crippen molar-refractivity contribution >= 4 is 21.5 Å². The molecule has 1 aliphatic heterocycles. The van der Waals surface area contributed by atoms with Crippen molar-refractivity contribution in [3.8, 4) is 0 Å². The highest BCUT2D eigenvalue weighted by atomic mass is 32.2. The number of ether oxygens (including phenoxy) is 1. The smallest absolute Gasteiger partial charge is 0.237 e. The number of para-hydroxylation sites is 1. The molecule has 1 heterocycles. The zero-order chi connectivity index (χ0) is 13.9. The van der Waals surface area contributed by atoms with Crippen molar-refractivity contribution in [3.63, 3.8) is 0 Å². The third-order valence-corrected chi connectivity index (χ3v) is 4.85. The van der Waals surface area contributed by atoms with E-state index in [1.807, 2.05) is 0 Å². The molecule has 0 amide bonds. The lowest BCUT2D eigenvalue weighted by Crippen LogP contribution is -2.35. The van der Waals surface area contributed by atoms with E-state index in [9.17, 15) is 13.2 Å². The molecule has 5 nitrogen and oxygen atoms in total. The second-order valence-electron chi connectivity index (χ2n) is 4.42. The number of fused-ring (bicyclic) bond motifs is 1. The number of nitrogens with zero attached hydrogens (tertiary/aromatic N) is 1. The number of hydrogen-bond acceptors (Lipinski definition) is 4. The minimum absolute atomic E-state index is 0.0000384. The van der Waals surface area contributed by atoms with E-state index in [4.69, 9.17) is 4.74 Å². The lowest BCUT2D eigenvalue weighted by Gasteiger charge is -2.23. The van der Waals surface area contributed by atoms with Gasteiger partial charge in [-0.25, -0.2) is 8.42 Å². The molecular formula is C13H17NO4S. The molecule has 1 aromatic carbocycles. The molecule has 0 unspecified atom stereocenters. The van der Waals surface area contributed by atoms with Crippen LogP contribution in [0.3, 0.4) is 0 Å². The number of sulfonamides is 1. The number of rotatable bonds is 4. The summed E-state index contributed by atoms with van der Waals surface area (Å²) in [5, 5.41) is 0. The monoisotopic (exact) mass is 283 g/mol. The predicted octanol–water partition coefficient (Wildman–Crippen LogP) is 1.45. The number of Topliss-reactive ketones (excluding diaryl/α,β-unsaturated/α-hetero) is 1. The van der Waals surface area contributed by atoms with Gasteiger partial charge in [-0.3, -0.25) is 9.10 Å². The fraction of sp³-hybridized carbons (Fsp3) is 0.462. The van der Waals surface area contributed by atoms with Gasteiger partial charge in [0, 0.05) is 25.6 Å². The summed E-state index contributed by atoms with van der Waals surface area (Å²) in [4.78, 5) is 11.9. The van der Waals surface area contributed by atoms with Gasteiger partial charge in [0.25, 0.3) is 0 Å². The van der Waals surface area contributed by atoms with E-state index < -0.39 is 10.0 Å². The maximum atomic E-state index is 12.3. The van der Waals surface area contributed by atoms with Gasteiger partial charge in [0.15, 0.2) is 5.78 Å². The van der Waals surface area contributed by atoms with Crippen LogP contribution in [0.25, 0.3) is 0 Å². The molecule has 0 radical (unpaired) electrons. The van der Waals surface area contributed by atoms with Crippen LogP contribution in [0.5, 0.6) is 0 Å². The molecule has 1 aromatic rings. The number of ketones is 1. The molecular weight excluding hydrogens is 266 g/mol. The Labute approximate surface area is 113 Å². The highest BCUT2D eigenvalue weighted by Gasteiger charge is 2.28. The molecule has 0 bridgehead atoms. The fourth-order valence-corrected chi connectivity index (χ4v) is 3.62. The van der Waals surface area contributed by atoms with E-state index in [1.54, 1.807) is 24.3 Å². The Kier molecular flexibility index (Phi) is 4.21. The Balaban J connectivity index is 2.41. The second kappa shape index (κ2) is 5.71. The summed E-state index contributed by atoms with van der Waals surface area (Å²) in [7, 11) is -1.98. The van der Waals surface area contributed by atoms with Gasteiger partial charge in [-0.1, -0.05) is 12.1 Å². The van der Waals surface area contributed by atoms with Crippen molar-refractivity contribution in [2.75, 3.05) is 30.3 Å². The van der Waals surface area contributed by atoms with Gasteiger partial charge >= 0.3 is 0 Å². The SMILES string of the molecule is COCCS(=O)(=O)N1CCCC(=O)c2ccccc21. The Hall–Kier alpha value is -1.40. The number of methoxy groups -OCH3 is 1. The molecule has 0 saturated carbocycles. The first-order chi connectivity index (χ1) is 9.06. The maximum absolute atomic E-state index is 12.3. The molecule has 2 rings (SSSR count). The molecule has 0 fully saturated rings. The predicted molar refractivity (Wildman–Crippen MR) is 73.0 cm³/mol. The van der Waals surface area contributed by atoms with E-state index in [2.05, 4.69) is 0 Å². The molecule has 0 aliphatic carbocycles. The number of hydrogen-bond donors (Lipinski definition) is 0. The van der Waals surface area contributed by atoms with Crippen LogP contribution in [-0.2, 0) is 14.8 Å². The van der Waals surface area contributed by atoms with E-state index in [1.165, 1.54) is 11.4 Å². The van der Waals surface area contributed by atoms with Gasteiger partial charge < -0.3 is 4.74 Å². The van der Waals surface area contributed by atoms with Gasteiger partial charge in [-0.15, -0.1) is 0 Å². The molecule has 0 aromatic heterocycles. The average molecular weight is 283 g/mol. The average Bonchev–Trinajstić information content (AvgIpc) is 2.57. The molecule has 19 heavy (non-hydrogen) atoms. The number of benzene rings is 1. The largest absolute Gasteiger partial charge is 0.384 e. The minimum Gasteiger partial charge on any atom is -0.384 e. The molecule has 104 valence electrons. The van der Waals surface area contributed by atoms with Gasteiger partial charge in [0.1, 0.15) is 0 Å². The minimum atomic E-state index is -3.45. The van der Waals surface area contributed by atoms with E-state index in [-0.39, 0.29) is 18.1 Å². The van der Waals surface area contributed by atoms with Crippen molar-refractivity contribution in [2.45, 2.75) is 12.8 Å². The molecule has 0 atom stereocenters. The van der Waals surface area contributed by atoms with Crippen molar-refractivity contribution in [1.29, 1.82) is 0 Å². The van der Waals surface area contributed by atoms with E-state index in [0.29, 0.717) is 30.6 Å². The van der Waals surface area contributed by atoms with Crippen LogP contribution < -0.4 is 4.31 Å². The molecule has 1 aliphatic rings. The first-order valence-corrected chi connectivity index (χ1v) is 7.79. The van der Waals surface area contributed by atoms with Gasteiger partial charge in [0.2, 0.25) is 10.0 Å². The van der Waals surface area contributed by atoms with Crippen molar-refractivity contribution in [2.24, 2.45) is 0 Å². The summed E-state index contributed by atoms with van der Waals surface area (Å²) in [6.45, 7) is 0.490. The Morgan fingerprint density at radius 2 is 2.05 bits per heavy atom. The molecule has 0 spiro atoms. The zero-order valence-electron chi connectivity index (χ0n) is 10.8. The highest BCUT2D eigenvalue weighted by Crippen LogP contribution is 2.28. The van der Waals surface area contributed by atoms with Crippen LogP contribution in [0.1, 0.15) is 23.2 Å². The summed E-state index contributed by atoms with van der Waals surface area (Å²) in [5.41, 5.74) is 0.974. The Morgan fingerprint density at radius 1 is 1.32 bits per heavy atom.